The van der Waals surface area contributed by atoms with Gasteiger partial charge in [-0.3, -0.25) is 14.7 Å². The number of thiazole rings is 1. The van der Waals surface area contributed by atoms with Crippen molar-refractivity contribution < 1.29 is 4.39 Å². The summed E-state index contributed by atoms with van der Waals surface area (Å²) in [7, 11) is 0. The van der Waals surface area contributed by atoms with E-state index < -0.39 is 16.9 Å². The molecule has 0 radical (unpaired) electrons. The molecule has 0 spiro atoms. The van der Waals surface area contributed by atoms with E-state index in [1.54, 1.807) is 5.38 Å². The van der Waals surface area contributed by atoms with Gasteiger partial charge in [0.2, 0.25) is 5.13 Å². The average Bonchev–Trinajstić information content (AvgIpc) is 3.08. The fraction of sp³-hybridized carbons (Fsp3) is 0. The molecule has 5 nitrogen and oxygen atoms in total. The topological polar surface area (TPSA) is 67.8 Å². The summed E-state index contributed by atoms with van der Waals surface area (Å²) in [5.74, 6) is -0.720. The molecule has 0 saturated carbocycles. The summed E-state index contributed by atoms with van der Waals surface area (Å²) in [5, 5.41) is 4.30. The minimum absolute atomic E-state index is 0.0233. The largest absolute Gasteiger partial charge is 0.280 e. The standard InChI is InChI=1S/C17H10FN3O2S/c18-12-8-4-7-11-14(12)15(22)20-21(16(11)23)17-19-13(9-24-17)10-5-2-1-3-6-10/h1-9H,(H,20,22). The summed E-state index contributed by atoms with van der Waals surface area (Å²) in [6.45, 7) is 0. The van der Waals surface area contributed by atoms with E-state index in [9.17, 15) is 14.0 Å². The summed E-state index contributed by atoms with van der Waals surface area (Å²) in [6.07, 6.45) is 0. The molecule has 2 aromatic carbocycles. The van der Waals surface area contributed by atoms with Crippen LogP contribution in [0.2, 0.25) is 0 Å². The monoisotopic (exact) mass is 339 g/mol. The summed E-state index contributed by atoms with van der Waals surface area (Å²) in [5.41, 5.74) is 0.419. The van der Waals surface area contributed by atoms with Crippen LogP contribution in [-0.2, 0) is 0 Å². The van der Waals surface area contributed by atoms with E-state index in [1.165, 1.54) is 23.5 Å². The number of hydrogen-bond donors (Lipinski definition) is 1. The fourth-order valence-electron chi connectivity index (χ4n) is 2.50. The molecule has 0 fully saturated rings. The highest BCUT2D eigenvalue weighted by Crippen LogP contribution is 2.23. The quantitative estimate of drug-likeness (QED) is 0.610. The first-order valence-corrected chi connectivity index (χ1v) is 7.98. The molecule has 24 heavy (non-hydrogen) atoms. The van der Waals surface area contributed by atoms with Crippen molar-refractivity contribution in [3.63, 3.8) is 0 Å². The average molecular weight is 339 g/mol. The normalized spacial score (nSPS) is 11.0. The van der Waals surface area contributed by atoms with Gasteiger partial charge in [0.25, 0.3) is 11.1 Å². The second-order valence-corrected chi connectivity index (χ2v) is 5.96. The van der Waals surface area contributed by atoms with Gasteiger partial charge >= 0.3 is 0 Å². The van der Waals surface area contributed by atoms with Crippen molar-refractivity contribution in [3.05, 3.63) is 80.4 Å². The number of hydrogen-bond acceptors (Lipinski definition) is 4. The second-order valence-electron chi connectivity index (χ2n) is 5.13. The SMILES string of the molecule is O=c1[nH]n(-c2nc(-c3ccccc3)cs2)c(=O)c2cccc(F)c12. The van der Waals surface area contributed by atoms with Gasteiger partial charge in [-0.15, -0.1) is 11.3 Å². The van der Waals surface area contributed by atoms with Gasteiger partial charge in [-0.1, -0.05) is 36.4 Å². The Morgan fingerprint density at radius 1 is 1.04 bits per heavy atom. The summed E-state index contributed by atoms with van der Waals surface area (Å²) < 4.78 is 14.9. The third-order valence-corrected chi connectivity index (χ3v) is 4.47. The lowest BCUT2D eigenvalue weighted by molar-refractivity contribution is 0.636. The van der Waals surface area contributed by atoms with Crippen molar-refractivity contribution in [3.8, 4) is 16.4 Å². The van der Waals surface area contributed by atoms with Gasteiger partial charge in [0, 0.05) is 10.9 Å². The molecule has 0 bridgehead atoms. The van der Waals surface area contributed by atoms with Crippen molar-refractivity contribution in [2.45, 2.75) is 0 Å². The lowest BCUT2D eigenvalue weighted by Crippen LogP contribution is -2.29. The van der Waals surface area contributed by atoms with E-state index in [1.807, 2.05) is 30.3 Å². The maximum atomic E-state index is 13.8. The van der Waals surface area contributed by atoms with Gasteiger partial charge in [-0.05, 0) is 12.1 Å². The van der Waals surface area contributed by atoms with Crippen molar-refractivity contribution >= 4 is 22.1 Å². The zero-order chi connectivity index (χ0) is 16.7. The number of fused-ring (bicyclic) bond motifs is 1. The maximum Gasteiger partial charge on any atom is 0.280 e. The van der Waals surface area contributed by atoms with E-state index in [2.05, 4.69) is 10.1 Å². The highest BCUT2D eigenvalue weighted by Gasteiger charge is 2.14. The molecular weight excluding hydrogens is 329 g/mol. The molecule has 0 saturated heterocycles. The number of nitrogens with one attached hydrogen (secondary N) is 1. The van der Waals surface area contributed by atoms with Crippen LogP contribution >= 0.6 is 11.3 Å². The number of H-pyrrole nitrogens is 1. The first-order valence-electron chi connectivity index (χ1n) is 7.10. The van der Waals surface area contributed by atoms with Gasteiger partial charge in [0.05, 0.1) is 16.5 Å². The van der Waals surface area contributed by atoms with Gasteiger partial charge < -0.3 is 0 Å². The first-order chi connectivity index (χ1) is 11.6. The van der Waals surface area contributed by atoms with Crippen molar-refractivity contribution in [1.82, 2.24) is 14.8 Å². The Morgan fingerprint density at radius 3 is 2.62 bits per heavy atom. The molecule has 2 aromatic heterocycles. The van der Waals surface area contributed by atoms with Gasteiger partial charge in [-0.25, -0.2) is 9.37 Å². The Morgan fingerprint density at radius 2 is 1.83 bits per heavy atom. The fourth-order valence-corrected chi connectivity index (χ4v) is 3.30. The third-order valence-electron chi connectivity index (χ3n) is 3.64. The van der Waals surface area contributed by atoms with E-state index in [4.69, 9.17) is 0 Å². The Labute approximate surface area is 138 Å². The number of aromatic nitrogens is 3. The summed E-state index contributed by atoms with van der Waals surface area (Å²) >= 11 is 1.22. The number of rotatable bonds is 2. The highest BCUT2D eigenvalue weighted by molar-refractivity contribution is 7.12. The molecular formula is C17H10FN3O2S. The highest BCUT2D eigenvalue weighted by atomic mass is 32.1. The Kier molecular flexibility index (Phi) is 3.35. The van der Waals surface area contributed by atoms with E-state index in [-0.39, 0.29) is 10.8 Å². The van der Waals surface area contributed by atoms with Crippen LogP contribution in [0.3, 0.4) is 0 Å². The van der Waals surface area contributed by atoms with Crippen LogP contribution in [0.4, 0.5) is 4.39 Å². The van der Waals surface area contributed by atoms with E-state index in [0.717, 1.165) is 16.3 Å². The third kappa shape index (κ3) is 2.26. The summed E-state index contributed by atoms with van der Waals surface area (Å²) in [4.78, 5) is 29.1. The number of aromatic amines is 1. The van der Waals surface area contributed by atoms with Gasteiger partial charge in [-0.2, -0.15) is 4.68 Å². The lowest BCUT2D eigenvalue weighted by atomic mass is 10.2. The molecule has 0 aliphatic carbocycles. The van der Waals surface area contributed by atoms with Crippen LogP contribution in [0.25, 0.3) is 27.2 Å². The van der Waals surface area contributed by atoms with Crippen LogP contribution in [0.15, 0.2) is 63.5 Å². The Bertz CT molecular complexity index is 1160. The van der Waals surface area contributed by atoms with Crippen molar-refractivity contribution in [2.24, 2.45) is 0 Å². The van der Waals surface area contributed by atoms with E-state index in [0.29, 0.717) is 10.8 Å². The minimum atomic E-state index is -0.720. The molecule has 2 heterocycles. The van der Waals surface area contributed by atoms with Gasteiger partial charge in [0.1, 0.15) is 5.82 Å². The Balaban J connectivity index is 1.93. The van der Waals surface area contributed by atoms with Crippen LogP contribution in [-0.4, -0.2) is 14.8 Å². The molecule has 0 unspecified atom stereocenters. The minimum Gasteiger partial charge on any atom is -0.267 e. The molecule has 7 heteroatoms. The zero-order valence-corrected chi connectivity index (χ0v) is 13.0. The number of halogens is 1. The van der Waals surface area contributed by atoms with Gasteiger partial charge in [0.15, 0.2) is 0 Å². The predicted octanol–water partition coefficient (Wildman–Crippen LogP) is 2.94. The number of nitrogens with zero attached hydrogens (tertiary/aromatic N) is 2. The Hall–Kier alpha value is -3.06. The molecule has 0 atom stereocenters. The van der Waals surface area contributed by atoms with Crippen molar-refractivity contribution in [1.29, 1.82) is 0 Å². The summed E-state index contributed by atoms with van der Waals surface area (Å²) in [6, 6.07) is 13.5. The maximum absolute atomic E-state index is 13.8. The molecule has 1 N–H and O–H groups in total. The molecule has 4 aromatic rings. The molecule has 0 aliphatic heterocycles. The molecule has 0 aliphatic rings. The van der Waals surface area contributed by atoms with E-state index >= 15 is 0 Å². The van der Waals surface area contributed by atoms with Crippen molar-refractivity contribution in [2.75, 3.05) is 0 Å². The van der Waals surface area contributed by atoms with Crippen LogP contribution in [0.1, 0.15) is 0 Å². The zero-order valence-electron chi connectivity index (χ0n) is 12.2. The smallest absolute Gasteiger partial charge is 0.267 e. The molecule has 4 rings (SSSR count). The predicted molar refractivity (Wildman–Crippen MR) is 91.2 cm³/mol. The lowest BCUT2D eigenvalue weighted by Gasteiger charge is -2.04. The first kappa shape index (κ1) is 14.5. The molecule has 118 valence electrons. The van der Waals surface area contributed by atoms with Crippen LogP contribution in [0.5, 0.6) is 0 Å². The van der Waals surface area contributed by atoms with Crippen LogP contribution in [0, 0.1) is 5.82 Å². The molecule has 0 amide bonds. The van der Waals surface area contributed by atoms with Crippen LogP contribution < -0.4 is 11.1 Å². The number of benzene rings is 2. The second kappa shape index (κ2) is 5.54.